The number of hydrogen-bond donors (Lipinski definition) is 6. The minimum atomic E-state index is -4.24. The fourth-order valence-corrected chi connectivity index (χ4v) is 5.70. The van der Waals surface area contributed by atoms with Crippen molar-refractivity contribution in [3.63, 3.8) is 0 Å². The molecule has 3 atom stereocenters. The van der Waals surface area contributed by atoms with Gasteiger partial charge in [0.1, 0.15) is 6.67 Å². The summed E-state index contributed by atoms with van der Waals surface area (Å²) in [7, 11) is -2.36. The van der Waals surface area contributed by atoms with E-state index in [9.17, 15) is 56.5 Å². The van der Waals surface area contributed by atoms with Gasteiger partial charge in [-0.1, -0.05) is 0 Å². The molecule has 5 rings (SSSR count). The van der Waals surface area contributed by atoms with E-state index in [1.54, 1.807) is 0 Å². The Bertz CT molecular complexity index is 1880. The Morgan fingerprint density at radius 2 is 1.83 bits per heavy atom. The Morgan fingerprint density at radius 1 is 1.08 bits per heavy atom. The van der Waals surface area contributed by atoms with Gasteiger partial charge in [0.15, 0.2) is 6.17 Å². The summed E-state index contributed by atoms with van der Waals surface area (Å²) in [6.45, 7) is -2.76. The quantitative estimate of drug-likeness (QED) is 0.104. The number of pyridine rings is 3. The molecule has 48 heavy (non-hydrogen) atoms. The van der Waals surface area contributed by atoms with Gasteiger partial charge in [-0.25, -0.2) is 31.9 Å². The molecule has 19 heteroatoms. The Morgan fingerprint density at radius 3 is 2.52 bits per heavy atom. The van der Waals surface area contributed by atoms with Gasteiger partial charge in [0.25, 0.3) is 12.3 Å². The van der Waals surface area contributed by atoms with Crippen molar-refractivity contribution >= 4 is 27.6 Å². The van der Waals surface area contributed by atoms with E-state index < -0.39 is 83.8 Å². The van der Waals surface area contributed by atoms with E-state index in [1.807, 2.05) is 0 Å². The maximum Gasteiger partial charge on any atom is 0.410 e. The number of hydrogen-bond acceptors (Lipinski definition) is 12. The average Bonchev–Trinajstić information content (AvgIpc) is 3.18. The van der Waals surface area contributed by atoms with Gasteiger partial charge in [-0.15, -0.1) is 0 Å². The zero-order chi connectivity index (χ0) is 35.0. The molecule has 0 spiro atoms. The highest BCUT2D eigenvalue weighted by atomic mass is 32.2. The maximum atomic E-state index is 14.2. The monoisotopic (exact) mass is 700 g/mol. The van der Waals surface area contributed by atoms with E-state index in [2.05, 4.69) is 25.0 Å². The number of aromatic nitrogens is 3. The summed E-state index contributed by atoms with van der Waals surface area (Å²) < 4.78 is 91.1. The first-order chi connectivity index (χ1) is 22.6. The molecule has 0 bridgehead atoms. The van der Waals surface area contributed by atoms with E-state index in [0.717, 1.165) is 24.3 Å². The van der Waals surface area contributed by atoms with Gasteiger partial charge >= 0.3 is 11.9 Å². The number of nitrogens with zero attached hydrogens (tertiary/aromatic N) is 3. The topological polar surface area (TPSA) is 204 Å². The number of carbonyl (C=O) groups is 1. The second-order valence-corrected chi connectivity index (χ2v) is 11.9. The third-order valence-corrected chi connectivity index (χ3v) is 8.43. The van der Waals surface area contributed by atoms with Crippen molar-refractivity contribution in [2.24, 2.45) is 0 Å². The van der Waals surface area contributed by atoms with Gasteiger partial charge in [-0.3, -0.25) is 14.0 Å². The predicted octanol–water partition coefficient (Wildman–Crippen LogP) is 2.12. The first kappa shape index (κ1) is 35.1. The number of fused-ring (bicyclic) bond motifs is 2. The van der Waals surface area contributed by atoms with Gasteiger partial charge < -0.3 is 40.3 Å². The molecule has 1 aliphatic rings. The first-order valence-electron chi connectivity index (χ1n) is 13.7. The second kappa shape index (κ2) is 13.7. The Balaban J connectivity index is 1.43. The van der Waals surface area contributed by atoms with Crippen molar-refractivity contribution in [3.8, 4) is 17.1 Å². The molecule has 4 aromatic rings. The lowest BCUT2D eigenvalue weighted by molar-refractivity contribution is -0.502. The van der Waals surface area contributed by atoms with Crippen LogP contribution in [0, 0.1) is 0 Å². The van der Waals surface area contributed by atoms with E-state index in [0.29, 0.717) is 5.39 Å². The molecular formula is C29H25F5N4O9S. The van der Waals surface area contributed by atoms with Crippen LogP contribution < -0.4 is 10.1 Å². The zero-order valence-electron chi connectivity index (χ0n) is 24.2. The molecule has 0 radical (unpaired) electrons. The molecule has 1 aromatic carbocycles. The third-order valence-electron chi connectivity index (χ3n) is 7.04. The summed E-state index contributed by atoms with van der Waals surface area (Å²) in [6.07, 6.45) is -3.98. The molecule has 3 aromatic heterocycles. The number of rotatable bonds is 10. The molecule has 3 unspecified atom stereocenters. The molecule has 4 heterocycles. The molecular weight excluding hydrogens is 675 g/mol. The van der Waals surface area contributed by atoms with Crippen LogP contribution in [0.25, 0.3) is 22.2 Å². The van der Waals surface area contributed by atoms with Gasteiger partial charge in [0.2, 0.25) is 11.4 Å². The summed E-state index contributed by atoms with van der Waals surface area (Å²) in [6, 6.07) is 8.38. The van der Waals surface area contributed by atoms with Gasteiger partial charge in [0, 0.05) is 33.2 Å². The highest BCUT2D eigenvalue weighted by molar-refractivity contribution is 7.85. The van der Waals surface area contributed by atoms with Crippen molar-refractivity contribution in [2.45, 2.75) is 48.1 Å². The lowest BCUT2D eigenvalue weighted by Crippen LogP contribution is -2.58. The van der Waals surface area contributed by atoms with Crippen LogP contribution in [0.1, 0.15) is 45.5 Å². The van der Waals surface area contributed by atoms with Crippen LogP contribution in [-0.2, 0) is 28.7 Å². The number of nitrogens with one attached hydrogen (secondary N) is 1. The summed E-state index contributed by atoms with van der Waals surface area (Å²) >= 11 is 0. The number of amides is 1. The smallest absolute Gasteiger partial charge is 0.410 e. The fraction of sp³-hybridized carbons (Fsp3) is 0.310. The fourth-order valence-electron chi connectivity index (χ4n) is 4.54. The van der Waals surface area contributed by atoms with E-state index in [4.69, 9.17) is 4.74 Å². The predicted molar refractivity (Wildman–Crippen MR) is 153 cm³/mol. The first-order valence-corrected chi connectivity index (χ1v) is 14.9. The number of alkyl halides is 5. The largest absolute Gasteiger partial charge is 0.415 e. The summed E-state index contributed by atoms with van der Waals surface area (Å²) in [5.74, 6) is -10.1. The van der Waals surface area contributed by atoms with Crippen LogP contribution in [0.15, 0.2) is 53.6 Å². The SMILES string of the molecule is O=C(NCc1cc2nc(-c3ccc(C(F)CF)nc3OC(O)(O)C(O)(O)O)ccc2cn1)c1cc(C(F)F)c2c(c1)S(=O)C(F)COC2. The maximum absolute atomic E-state index is 14.2. The highest BCUT2D eigenvalue weighted by Crippen LogP contribution is 2.35. The minimum absolute atomic E-state index is 0.0312. The summed E-state index contributed by atoms with van der Waals surface area (Å²) in [5.41, 5.74) is -3.46. The van der Waals surface area contributed by atoms with Gasteiger partial charge in [-0.2, -0.15) is 0 Å². The number of aliphatic hydroxyl groups is 5. The van der Waals surface area contributed by atoms with Gasteiger partial charge in [0.05, 0.1) is 58.7 Å². The molecule has 0 saturated carbocycles. The van der Waals surface area contributed by atoms with Crippen LogP contribution in [0.5, 0.6) is 5.88 Å². The summed E-state index contributed by atoms with van der Waals surface area (Å²) in [5, 5.41) is 50.4. The normalized spacial score (nSPS) is 17.6. The third kappa shape index (κ3) is 7.26. The molecule has 0 aliphatic carbocycles. The molecule has 1 aliphatic heterocycles. The number of halogens is 5. The number of carbonyl (C=O) groups excluding carboxylic acids is 1. The number of benzene rings is 1. The second-order valence-electron chi connectivity index (χ2n) is 10.4. The van der Waals surface area contributed by atoms with Crippen molar-refractivity contribution in [1.82, 2.24) is 20.3 Å². The van der Waals surface area contributed by atoms with Crippen molar-refractivity contribution in [3.05, 3.63) is 76.7 Å². The Kier molecular flexibility index (Phi) is 10.0. The standard InChI is InChI=1S/C29H25F5N4O9S/c30-8-19(31)21-4-2-16(27(38-21)47-29(43,44)28(40,41)42)20-3-1-13-9-35-15(7-22(13)37-20)10-36-26(39)14-5-17(25(33)34)18-11-46-12-24(32)48(45)23(18)6-14/h1-7,9,19,24-25,40-44H,8,10-12H2,(H,36,39). The molecule has 0 saturated heterocycles. The van der Waals surface area contributed by atoms with Crippen LogP contribution in [0.4, 0.5) is 22.0 Å². The molecule has 6 N–H and O–H groups in total. The summed E-state index contributed by atoms with van der Waals surface area (Å²) in [4.78, 5) is 25.0. The van der Waals surface area contributed by atoms with Gasteiger partial charge in [-0.05, 0) is 42.5 Å². The Labute approximate surface area is 269 Å². The van der Waals surface area contributed by atoms with Crippen LogP contribution in [0.3, 0.4) is 0 Å². The van der Waals surface area contributed by atoms with Crippen molar-refractivity contribution in [1.29, 1.82) is 0 Å². The van der Waals surface area contributed by atoms with E-state index >= 15 is 0 Å². The molecule has 0 fully saturated rings. The van der Waals surface area contributed by atoms with Crippen molar-refractivity contribution < 1.29 is 66.0 Å². The van der Waals surface area contributed by atoms with Crippen molar-refractivity contribution in [2.75, 3.05) is 13.3 Å². The van der Waals surface area contributed by atoms with Crippen LogP contribution in [0.2, 0.25) is 0 Å². The molecule has 1 amide bonds. The number of ether oxygens (including phenoxy) is 2. The van der Waals surface area contributed by atoms with E-state index in [-0.39, 0.29) is 45.0 Å². The highest BCUT2D eigenvalue weighted by Gasteiger charge is 2.51. The molecule has 256 valence electrons. The average molecular weight is 701 g/mol. The van der Waals surface area contributed by atoms with E-state index in [1.165, 1.54) is 24.4 Å². The van der Waals surface area contributed by atoms with Crippen LogP contribution >= 0.6 is 0 Å². The minimum Gasteiger partial charge on any atom is -0.415 e. The molecule has 13 nitrogen and oxygen atoms in total. The van der Waals surface area contributed by atoms with Crippen LogP contribution in [-0.4, -0.2) is 81.3 Å². The lowest BCUT2D eigenvalue weighted by atomic mass is 10.0. The zero-order valence-corrected chi connectivity index (χ0v) is 25.0. The Hall–Kier alpha value is -4.24. The lowest BCUT2D eigenvalue weighted by Gasteiger charge is -2.29.